The van der Waals surface area contributed by atoms with Crippen LogP contribution in [0, 0.1) is 0 Å². The van der Waals surface area contributed by atoms with Gasteiger partial charge >= 0.3 is 5.97 Å². The highest BCUT2D eigenvalue weighted by molar-refractivity contribution is 8.00. The molecule has 2 aromatic heterocycles. The van der Waals surface area contributed by atoms with Crippen molar-refractivity contribution in [2.24, 2.45) is 0 Å². The van der Waals surface area contributed by atoms with E-state index in [1.807, 2.05) is 41.8 Å². The fraction of sp³-hybridized carbons (Fsp3) is 0.263. The third-order valence-corrected chi connectivity index (χ3v) is 5.40. The number of esters is 1. The van der Waals surface area contributed by atoms with E-state index in [0.29, 0.717) is 13.0 Å². The minimum Gasteiger partial charge on any atom is -0.462 e. The minimum absolute atomic E-state index is 0.0508. The van der Waals surface area contributed by atoms with Crippen LogP contribution in [0.15, 0.2) is 60.0 Å². The summed E-state index contributed by atoms with van der Waals surface area (Å²) in [6.07, 6.45) is 4.11. The number of thioether (sulfide) groups is 1. The van der Waals surface area contributed by atoms with E-state index in [0.717, 1.165) is 22.1 Å². The molecule has 3 heterocycles. The minimum atomic E-state index is -0.242. The number of nitrogens with zero attached hydrogens (tertiary/aromatic N) is 4. The van der Waals surface area contributed by atoms with Gasteiger partial charge in [0.1, 0.15) is 11.4 Å². The quantitative estimate of drug-likeness (QED) is 0.646. The van der Waals surface area contributed by atoms with E-state index >= 15 is 0 Å². The highest BCUT2D eigenvalue weighted by Crippen LogP contribution is 2.33. The smallest absolute Gasteiger partial charge is 0.319 e. The van der Waals surface area contributed by atoms with Crippen molar-refractivity contribution in [1.29, 1.82) is 0 Å². The molecule has 7 heteroatoms. The highest BCUT2D eigenvalue weighted by atomic mass is 32.2. The predicted octanol–water partition coefficient (Wildman–Crippen LogP) is 3.18. The van der Waals surface area contributed by atoms with Crippen molar-refractivity contribution in [1.82, 2.24) is 19.7 Å². The molecule has 0 unspecified atom stereocenters. The molecule has 0 spiro atoms. The summed E-state index contributed by atoms with van der Waals surface area (Å²) in [5.41, 5.74) is 2.09. The first-order valence-electron chi connectivity index (χ1n) is 8.45. The summed E-state index contributed by atoms with van der Waals surface area (Å²) >= 11 is 1.42. The Kier molecular flexibility index (Phi) is 4.71. The molecule has 0 aliphatic carbocycles. The van der Waals surface area contributed by atoms with Crippen LogP contribution in [0.4, 0.5) is 0 Å². The molecular formula is C19H18N4O2S. The van der Waals surface area contributed by atoms with E-state index in [9.17, 15) is 4.79 Å². The summed E-state index contributed by atoms with van der Waals surface area (Å²) in [7, 11) is 0. The summed E-state index contributed by atoms with van der Waals surface area (Å²) < 4.78 is 7.32. The maximum Gasteiger partial charge on any atom is 0.319 e. The Balaban J connectivity index is 1.69. The summed E-state index contributed by atoms with van der Waals surface area (Å²) in [5.74, 6) is 0.584. The van der Waals surface area contributed by atoms with E-state index in [1.165, 1.54) is 11.8 Å². The molecule has 3 aromatic rings. The molecule has 1 saturated heterocycles. The second kappa shape index (κ2) is 7.29. The van der Waals surface area contributed by atoms with Crippen LogP contribution < -0.4 is 0 Å². The van der Waals surface area contributed by atoms with Crippen molar-refractivity contribution in [3.8, 4) is 11.4 Å². The molecule has 26 heavy (non-hydrogen) atoms. The number of cyclic esters (lactones) is 1. The van der Waals surface area contributed by atoms with Crippen LogP contribution in [0.25, 0.3) is 11.4 Å². The standard InChI is InChI=1S/C19H18N4O2S/c1-13-11-16(18(24)25-13)26-19-22-21-17(15-7-9-20-10-8-15)23(19)12-14-5-3-2-4-6-14/h2-10,13,16H,11-12H2,1H3/t13-,16+/m0/s1. The van der Waals surface area contributed by atoms with E-state index in [-0.39, 0.29) is 17.3 Å². The monoisotopic (exact) mass is 366 g/mol. The third kappa shape index (κ3) is 3.48. The lowest BCUT2D eigenvalue weighted by molar-refractivity contribution is -0.140. The summed E-state index contributed by atoms with van der Waals surface area (Å²) in [5, 5.41) is 9.22. The topological polar surface area (TPSA) is 69.9 Å². The van der Waals surface area contributed by atoms with Gasteiger partial charge in [0.05, 0.1) is 6.54 Å². The first-order valence-corrected chi connectivity index (χ1v) is 9.33. The van der Waals surface area contributed by atoms with E-state index < -0.39 is 0 Å². The van der Waals surface area contributed by atoms with Crippen LogP contribution in [0.2, 0.25) is 0 Å². The zero-order valence-electron chi connectivity index (χ0n) is 14.3. The highest BCUT2D eigenvalue weighted by Gasteiger charge is 2.34. The average molecular weight is 366 g/mol. The van der Waals surface area contributed by atoms with Gasteiger partial charge in [-0.3, -0.25) is 14.3 Å². The molecule has 0 bridgehead atoms. The van der Waals surface area contributed by atoms with Crippen molar-refractivity contribution in [3.63, 3.8) is 0 Å². The van der Waals surface area contributed by atoms with Gasteiger partial charge in [-0.2, -0.15) is 0 Å². The van der Waals surface area contributed by atoms with E-state index in [2.05, 4.69) is 27.3 Å². The average Bonchev–Trinajstić information content (AvgIpc) is 3.19. The second-order valence-electron chi connectivity index (χ2n) is 6.20. The largest absolute Gasteiger partial charge is 0.462 e. The lowest BCUT2D eigenvalue weighted by Gasteiger charge is -2.11. The van der Waals surface area contributed by atoms with Gasteiger partial charge in [0.25, 0.3) is 0 Å². The van der Waals surface area contributed by atoms with E-state index in [1.54, 1.807) is 12.4 Å². The van der Waals surface area contributed by atoms with Crippen LogP contribution in [-0.4, -0.2) is 37.1 Å². The van der Waals surface area contributed by atoms with Crippen LogP contribution in [0.3, 0.4) is 0 Å². The second-order valence-corrected chi connectivity index (χ2v) is 7.37. The molecule has 4 rings (SSSR count). The van der Waals surface area contributed by atoms with Crippen LogP contribution in [-0.2, 0) is 16.1 Å². The zero-order valence-corrected chi connectivity index (χ0v) is 15.1. The SMILES string of the molecule is C[C@H]1C[C@@H](Sc2nnc(-c3ccncc3)n2Cc2ccccc2)C(=O)O1. The van der Waals surface area contributed by atoms with Crippen molar-refractivity contribution in [2.75, 3.05) is 0 Å². The fourth-order valence-electron chi connectivity index (χ4n) is 2.94. The number of ether oxygens (including phenoxy) is 1. The Hall–Kier alpha value is -2.67. The lowest BCUT2D eigenvalue weighted by atomic mass is 10.2. The Morgan fingerprint density at radius 3 is 2.62 bits per heavy atom. The first-order chi connectivity index (χ1) is 12.7. The van der Waals surface area contributed by atoms with Gasteiger partial charge in [-0.05, 0) is 24.6 Å². The number of pyridine rings is 1. The van der Waals surface area contributed by atoms with Gasteiger partial charge in [0, 0.05) is 24.4 Å². The molecule has 1 aliphatic rings. The Labute approximate surface area is 155 Å². The molecule has 132 valence electrons. The Bertz CT molecular complexity index is 898. The van der Waals surface area contributed by atoms with Crippen molar-refractivity contribution in [2.45, 2.75) is 36.4 Å². The predicted molar refractivity (Wildman–Crippen MR) is 98.6 cm³/mol. The molecule has 6 nitrogen and oxygen atoms in total. The van der Waals surface area contributed by atoms with Gasteiger partial charge in [-0.1, -0.05) is 42.1 Å². The molecule has 1 fully saturated rings. The number of aromatic nitrogens is 4. The Morgan fingerprint density at radius 2 is 1.92 bits per heavy atom. The number of hydrogen-bond acceptors (Lipinski definition) is 6. The van der Waals surface area contributed by atoms with Gasteiger partial charge < -0.3 is 4.74 Å². The number of hydrogen-bond donors (Lipinski definition) is 0. The molecular weight excluding hydrogens is 348 g/mol. The normalized spacial score (nSPS) is 19.5. The number of carbonyl (C=O) groups is 1. The van der Waals surface area contributed by atoms with Crippen molar-refractivity contribution in [3.05, 3.63) is 60.4 Å². The van der Waals surface area contributed by atoms with E-state index in [4.69, 9.17) is 4.74 Å². The number of carbonyl (C=O) groups excluding carboxylic acids is 1. The van der Waals surface area contributed by atoms with Crippen LogP contribution in [0.1, 0.15) is 18.9 Å². The van der Waals surface area contributed by atoms with Crippen molar-refractivity contribution < 1.29 is 9.53 Å². The van der Waals surface area contributed by atoms with Gasteiger partial charge in [-0.15, -0.1) is 10.2 Å². The van der Waals surface area contributed by atoms with Gasteiger partial charge in [0.2, 0.25) is 0 Å². The molecule has 1 aliphatic heterocycles. The molecule has 0 amide bonds. The number of benzene rings is 1. The first kappa shape index (κ1) is 16.8. The molecule has 0 N–H and O–H groups in total. The molecule has 2 atom stereocenters. The number of rotatable bonds is 5. The summed E-state index contributed by atoms with van der Waals surface area (Å²) in [4.78, 5) is 16.1. The van der Waals surface area contributed by atoms with Gasteiger partial charge in [0.15, 0.2) is 11.0 Å². The van der Waals surface area contributed by atoms with Crippen LogP contribution >= 0.6 is 11.8 Å². The third-order valence-electron chi connectivity index (χ3n) is 4.21. The molecule has 0 radical (unpaired) electrons. The van der Waals surface area contributed by atoms with Crippen LogP contribution in [0.5, 0.6) is 0 Å². The summed E-state index contributed by atoms with van der Waals surface area (Å²) in [6.45, 7) is 2.54. The lowest BCUT2D eigenvalue weighted by Crippen LogP contribution is -2.12. The maximum atomic E-state index is 12.0. The van der Waals surface area contributed by atoms with Crippen molar-refractivity contribution >= 4 is 17.7 Å². The Morgan fingerprint density at radius 1 is 1.15 bits per heavy atom. The molecule has 1 aromatic carbocycles. The summed E-state index contributed by atoms with van der Waals surface area (Å²) in [6, 6.07) is 14.0. The fourth-order valence-corrected chi connectivity index (χ4v) is 4.08. The maximum absolute atomic E-state index is 12.0. The molecule has 0 saturated carbocycles. The zero-order chi connectivity index (χ0) is 17.9. The van der Waals surface area contributed by atoms with Gasteiger partial charge in [-0.25, -0.2) is 0 Å².